The number of halogens is 6. The second-order valence-corrected chi connectivity index (χ2v) is 12.7. The number of thioether (sulfide) groups is 1. The predicted molar refractivity (Wildman–Crippen MR) is 145 cm³/mol. The highest BCUT2D eigenvalue weighted by Gasteiger charge is 2.46. The topological polar surface area (TPSA) is 21.7 Å². The minimum absolute atomic E-state index is 0.0895. The lowest BCUT2D eigenvalue weighted by atomic mass is 10.0. The SMILES string of the molecule is CCCCOSC1(COc2cc3c(cc2C(F)(F)F)N(c2ccc(F)cc2)C[C@@H](CCC(C)(F)F)CS3)CC1. The van der Waals surface area contributed by atoms with Crippen molar-refractivity contribution in [1.29, 1.82) is 0 Å². The summed E-state index contributed by atoms with van der Waals surface area (Å²) in [4.78, 5) is 2.23. The molecule has 2 aromatic carbocycles. The monoisotopic (exact) mass is 593 g/mol. The van der Waals surface area contributed by atoms with Crippen LogP contribution in [0.1, 0.15) is 57.9 Å². The molecule has 1 aliphatic heterocycles. The van der Waals surface area contributed by atoms with Crippen LogP contribution < -0.4 is 9.64 Å². The van der Waals surface area contributed by atoms with Gasteiger partial charge in [0.05, 0.1) is 22.6 Å². The van der Waals surface area contributed by atoms with Gasteiger partial charge in [-0.05, 0) is 74.9 Å². The highest BCUT2D eigenvalue weighted by molar-refractivity contribution is 7.99. The first kappa shape index (κ1) is 30.2. The molecule has 0 bridgehead atoms. The van der Waals surface area contributed by atoms with Gasteiger partial charge < -0.3 is 13.8 Å². The van der Waals surface area contributed by atoms with Crippen LogP contribution in [0.25, 0.3) is 0 Å². The van der Waals surface area contributed by atoms with Gasteiger partial charge in [-0.25, -0.2) is 13.2 Å². The van der Waals surface area contributed by atoms with Crippen LogP contribution in [0.5, 0.6) is 5.75 Å². The first-order valence-electron chi connectivity index (χ1n) is 13.1. The summed E-state index contributed by atoms with van der Waals surface area (Å²) in [5.41, 5.74) is -0.108. The second-order valence-electron chi connectivity index (χ2n) is 10.4. The number of rotatable bonds is 12. The molecular formula is C28H33F6NO2S2. The number of ether oxygens (including phenoxy) is 1. The van der Waals surface area contributed by atoms with Crippen LogP contribution in [0.4, 0.5) is 37.7 Å². The van der Waals surface area contributed by atoms with Gasteiger partial charge >= 0.3 is 6.18 Å². The molecule has 0 radical (unpaired) electrons. The molecule has 0 amide bonds. The molecule has 1 saturated carbocycles. The molecule has 39 heavy (non-hydrogen) atoms. The number of unbranched alkanes of at least 4 members (excludes halogenated alkanes) is 1. The van der Waals surface area contributed by atoms with E-state index in [2.05, 4.69) is 6.92 Å². The summed E-state index contributed by atoms with van der Waals surface area (Å²) in [6.07, 6.45) is -1.31. The molecule has 0 N–H and O–H groups in total. The number of hydrogen-bond donors (Lipinski definition) is 0. The van der Waals surface area contributed by atoms with Crippen LogP contribution in [0.2, 0.25) is 0 Å². The predicted octanol–water partition coefficient (Wildman–Crippen LogP) is 9.52. The Bertz CT molecular complexity index is 1100. The van der Waals surface area contributed by atoms with E-state index in [0.717, 1.165) is 38.7 Å². The third-order valence-corrected chi connectivity index (χ3v) is 9.26. The molecule has 1 heterocycles. The number of fused-ring (bicyclic) bond motifs is 1. The van der Waals surface area contributed by atoms with E-state index in [4.69, 9.17) is 8.92 Å². The maximum Gasteiger partial charge on any atom is 0.420 e. The lowest BCUT2D eigenvalue weighted by Gasteiger charge is -2.29. The Kier molecular flexibility index (Phi) is 9.64. The van der Waals surface area contributed by atoms with Crippen molar-refractivity contribution in [3.8, 4) is 5.75 Å². The van der Waals surface area contributed by atoms with Crippen LogP contribution in [0.3, 0.4) is 0 Å². The quantitative estimate of drug-likeness (QED) is 0.138. The van der Waals surface area contributed by atoms with Crippen LogP contribution in [-0.4, -0.2) is 36.2 Å². The average molecular weight is 594 g/mol. The zero-order chi connectivity index (χ0) is 28.3. The zero-order valence-electron chi connectivity index (χ0n) is 22.0. The minimum Gasteiger partial charge on any atom is -0.491 e. The van der Waals surface area contributed by atoms with Crippen LogP contribution in [-0.2, 0) is 10.4 Å². The standard InChI is InChI=1S/C28H33F6NO2S2/c1-3-4-13-37-39-27(11-12-27)18-36-24-15-25-23(14-22(24)28(32,33)34)35(21-7-5-20(29)6-8-21)16-19(17-38-25)9-10-26(2,30)31/h5-8,14-15,19H,3-4,9-13,16-18H2,1-2H3/t19-/m1/s1. The number of alkyl halides is 5. The molecule has 1 atom stereocenters. The number of anilines is 2. The van der Waals surface area contributed by atoms with E-state index in [9.17, 15) is 26.3 Å². The molecule has 216 valence electrons. The Balaban J connectivity index is 1.63. The normalized spacial score (nSPS) is 19.0. The van der Waals surface area contributed by atoms with Gasteiger partial charge in [-0.1, -0.05) is 13.3 Å². The van der Waals surface area contributed by atoms with Gasteiger partial charge in [0.25, 0.3) is 0 Å². The van der Waals surface area contributed by atoms with E-state index >= 15 is 0 Å². The summed E-state index contributed by atoms with van der Waals surface area (Å²) >= 11 is 2.62. The molecule has 2 aliphatic rings. The van der Waals surface area contributed by atoms with Gasteiger partial charge in [0, 0.05) is 41.3 Å². The Morgan fingerprint density at radius 2 is 1.82 bits per heavy atom. The van der Waals surface area contributed by atoms with Gasteiger partial charge in [0.2, 0.25) is 5.92 Å². The number of benzene rings is 2. The van der Waals surface area contributed by atoms with Crippen LogP contribution in [0.15, 0.2) is 41.3 Å². The summed E-state index contributed by atoms with van der Waals surface area (Å²) < 4.78 is 94.9. The van der Waals surface area contributed by atoms with Crippen molar-refractivity contribution in [3.05, 3.63) is 47.8 Å². The van der Waals surface area contributed by atoms with Crippen molar-refractivity contribution in [3.63, 3.8) is 0 Å². The molecule has 1 fully saturated rings. The number of nitrogens with zero attached hydrogens (tertiary/aromatic N) is 1. The molecule has 0 aromatic heterocycles. The summed E-state index contributed by atoms with van der Waals surface area (Å²) in [7, 11) is 0. The van der Waals surface area contributed by atoms with Crippen molar-refractivity contribution in [2.45, 2.75) is 74.1 Å². The second kappa shape index (κ2) is 12.4. The maximum absolute atomic E-state index is 14.3. The number of hydrogen-bond acceptors (Lipinski definition) is 5. The Morgan fingerprint density at radius 3 is 2.44 bits per heavy atom. The lowest BCUT2D eigenvalue weighted by Crippen LogP contribution is -2.27. The van der Waals surface area contributed by atoms with Crippen molar-refractivity contribution >= 4 is 35.2 Å². The minimum atomic E-state index is -4.68. The molecule has 3 nitrogen and oxygen atoms in total. The van der Waals surface area contributed by atoms with E-state index < -0.39 is 23.5 Å². The van der Waals surface area contributed by atoms with Crippen molar-refractivity contribution < 1.29 is 35.3 Å². The maximum atomic E-state index is 14.3. The van der Waals surface area contributed by atoms with Gasteiger partial charge in [-0.2, -0.15) is 13.2 Å². The van der Waals surface area contributed by atoms with E-state index in [1.807, 2.05) is 0 Å². The fourth-order valence-electron chi connectivity index (χ4n) is 4.30. The van der Waals surface area contributed by atoms with Gasteiger partial charge in [-0.15, -0.1) is 11.8 Å². The van der Waals surface area contributed by atoms with Crippen LogP contribution >= 0.6 is 23.8 Å². The first-order valence-corrected chi connectivity index (χ1v) is 14.8. The third-order valence-electron chi connectivity index (χ3n) is 6.82. The highest BCUT2D eigenvalue weighted by Crippen LogP contribution is 2.51. The molecule has 4 rings (SSSR count). The van der Waals surface area contributed by atoms with E-state index in [1.165, 1.54) is 54.1 Å². The fraction of sp³-hybridized carbons (Fsp3) is 0.571. The molecule has 0 spiro atoms. The molecule has 0 saturated heterocycles. The summed E-state index contributed by atoms with van der Waals surface area (Å²) in [5.74, 6) is -3.34. The van der Waals surface area contributed by atoms with E-state index in [0.29, 0.717) is 28.6 Å². The fourth-order valence-corrected chi connectivity index (χ4v) is 6.32. The summed E-state index contributed by atoms with van der Waals surface area (Å²) in [6.45, 7) is 3.82. The van der Waals surface area contributed by atoms with Crippen molar-refractivity contribution in [1.82, 2.24) is 0 Å². The lowest BCUT2D eigenvalue weighted by molar-refractivity contribution is -0.139. The Morgan fingerprint density at radius 1 is 1.10 bits per heavy atom. The third kappa shape index (κ3) is 8.39. The summed E-state index contributed by atoms with van der Waals surface area (Å²) in [5, 5.41) is 0. The molecule has 0 unspecified atom stereocenters. The molecule has 11 heteroatoms. The van der Waals surface area contributed by atoms with Crippen LogP contribution in [0, 0.1) is 11.7 Å². The Labute approximate surface area is 234 Å². The van der Waals surface area contributed by atoms with Crippen molar-refractivity contribution in [2.24, 2.45) is 5.92 Å². The van der Waals surface area contributed by atoms with Crippen molar-refractivity contribution in [2.75, 3.05) is 30.4 Å². The van der Waals surface area contributed by atoms with Gasteiger partial charge in [0.15, 0.2) is 0 Å². The summed E-state index contributed by atoms with van der Waals surface area (Å²) in [6, 6.07) is 7.94. The van der Waals surface area contributed by atoms with E-state index in [1.54, 1.807) is 4.90 Å². The van der Waals surface area contributed by atoms with Gasteiger partial charge in [-0.3, -0.25) is 0 Å². The first-order chi connectivity index (χ1) is 18.4. The smallest absolute Gasteiger partial charge is 0.420 e. The van der Waals surface area contributed by atoms with E-state index in [-0.39, 0.29) is 42.4 Å². The molecule has 2 aromatic rings. The largest absolute Gasteiger partial charge is 0.491 e. The average Bonchev–Trinajstić information content (AvgIpc) is 3.66. The zero-order valence-corrected chi connectivity index (χ0v) is 23.6. The Hall–Kier alpha value is -1.72. The van der Waals surface area contributed by atoms with Gasteiger partial charge in [0.1, 0.15) is 18.2 Å². The molecular weight excluding hydrogens is 560 g/mol. The highest BCUT2D eigenvalue weighted by atomic mass is 32.2. The molecule has 1 aliphatic carbocycles.